The maximum atomic E-state index is 12.7. The summed E-state index contributed by atoms with van der Waals surface area (Å²) in [6.45, 7) is 3.59. The molecule has 0 aliphatic carbocycles. The number of halogens is 1. The number of aliphatic hydroxyl groups excluding tert-OH is 1. The van der Waals surface area contributed by atoms with Gasteiger partial charge in [0.1, 0.15) is 5.82 Å². The standard InChI is InChI=1S/C21H24ClN5O4S2.CH4/c1-4-31-21(29)27-33(3,30)15-7-5-14(6-8-15)25-20-23-11-16(17-9-10-18(22)32-17)19(26-20)24-13(2)12-28;/h5-11,13,28H,4,12H2,1-3H3,(H2,23,24,25,26);1H4/t13-,33?;/m1./s1. The normalized spacial score (nSPS) is 13.2. The summed E-state index contributed by atoms with van der Waals surface area (Å²) >= 11 is 7.48. The van der Waals surface area contributed by atoms with E-state index in [1.165, 1.54) is 17.6 Å². The summed E-state index contributed by atoms with van der Waals surface area (Å²) in [4.78, 5) is 21.8. The van der Waals surface area contributed by atoms with Gasteiger partial charge in [0.05, 0.1) is 32.8 Å². The number of rotatable bonds is 8. The Morgan fingerprint density at radius 3 is 2.59 bits per heavy atom. The van der Waals surface area contributed by atoms with Gasteiger partial charge in [-0.3, -0.25) is 0 Å². The first-order valence-electron chi connectivity index (χ1n) is 9.98. The summed E-state index contributed by atoms with van der Waals surface area (Å²) in [6.07, 6.45) is 2.20. The Morgan fingerprint density at radius 1 is 1.29 bits per heavy atom. The zero-order valence-corrected chi connectivity index (χ0v) is 20.6. The molecule has 0 aliphatic heterocycles. The van der Waals surface area contributed by atoms with Crippen LogP contribution in [0.15, 0.2) is 51.9 Å². The van der Waals surface area contributed by atoms with Gasteiger partial charge in [0, 0.05) is 34.0 Å². The number of hydrogen-bond acceptors (Lipinski definition) is 9. The zero-order chi connectivity index (χ0) is 24.0. The molecule has 3 N–H and O–H groups in total. The van der Waals surface area contributed by atoms with E-state index >= 15 is 0 Å². The molecular formula is C22H28ClN5O4S2. The van der Waals surface area contributed by atoms with Crippen molar-refractivity contribution in [2.24, 2.45) is 4.36 Å². The first-order chi connectivity index (χ1) is 15.7. The number of amides is 1. The van der Waals surface area contributed by atoms with Crippen molar-refractivity contribution >= 4 is 56.2 Å². The minimum absolute atomic E-state index is 0. The summed E-state index contributed by atoms with van der Waals surface area (Å²) in [5.74, 6) is 0.879. The number of aliphatic hydroxyl groups is 1. The van der Waals surface area contributed by atoms with E-state index in [1.54, 1.807) is 43.5 Å². The van der Waals surface area contributed by atoms with Gasteiger partial charge in [0.25, 0.3) is 0 Å². The lowest BCUT2D eigenvalue weighted by molar-refractivity contribution is 0.164. The molecule has 3 aromatic rings. The van der Waals surface area contributed by atoms with Crippen LogP contribution in [0.1, 0.15) is 21.3 Å². The predicted octanol–water partition coefficient (Wildman–Crippen LogP) is 5.64. The first kappa shape index (κ1) is 27.5. The molecule has 0 saturated heterocycles. The van der Waals surface area contributed by atoms with E-state index in [-0.39, 0.29) is 26.7 Å². The second-order valence-corrected chi connectivity index (χ2v) is 11.0. The van der Waals surface area contributed by atoms with Crippen molar-refractivity contribution in [3.63, 3.8) is 0 Å². The summed E-state index contributed by atoms with van der Waals surface area (Å²) in [5.41, 5.74) is 1.41. The highest BCUT2D eigenvalue weighted by Gasteiger charge is 2.14. The van der Waals surface area contributed by atoms with Crippen LogP contribution in [0, 0.1) is 0 Å². The fourth-order valence-electron chi connectivity index (χ4n) is 2.74. The van der Waals surface area contributed by atoms with Crippen LogP contribution < -0.4 is 10.6 Å². The number of carbonyl (C=O) groups excluding carboxylic acids is 1. The van der Waals surface area contributed by atoms with Crippen LogP contribution in [0.4, 0.5) is 22.2 Å². The molecule has 3 rings (SSSR count). The van der Waals surface area contributed by atoms with Crippen molar-refractivity contribution in [3.05, 3.63) is 46.9 Å². The molecule has 0 fully saturated rings. The molecular weight excluding hydrogens is 498 g/mol. The van der Waals surface area contributed by atoms with Gasteiger partial charge in [0.2, 0.25) is 5.95 Å². The number of hydrogen-bond donors (Lipinski definition) is 3. The number of carbonyl (C=O) groups is 1. The van der Waals surface area contributed by atoms with Crippen LogP contribution in [0.3, 0.4) is 0 Å². The fourth-order valence-corrected chi connectivity index (χ4v) is 4.87. The monoisotopic (exact) mass is 525 g/mol. The fraction of sp³-hybridized carbons (Fsp3) is 0.318. The second kappa shape index (κ2) is 12.1. The molecule has 0 bridgehead atoms. The third-order valence-electron chi connectivity index (χ3n) is 4.35. The van der Waals surface area contributed by atoms with E-state index in [0.717, 1.165) is 10.4 Å². The Hall–Kier alpha value is -2.73. The maximum absolute atomic E-state index is 12.7. The molecule has 1 aromatic carbocycles. The van der Waals surface area contributed by atoms with Crippen molar-refractivity contribution in [2.75, 3.05) is 30.1 Å². The van der Waals surface area contributed by atoms with Gasteiger partial charge in [-0.15, -0.1) is 15.7 Å². The number of nitrogens with one attached hydrogen (secondary N) is 2. The molecule has 2 aromatic heterocycles. The van der Waals surface area contributed by atoms with Crippen LogP contribution in [0.2, 0.25) is 4.34 Å². The SMILES string of the molecule is C.CCOC(=O)N=S(C)(=O)c1ccc(Nc2ncc(-c3ccc(Cl)s3)c(N[C@H](C)CO)n2)cc1. The van der Waals surface area contributed by atoms with E-state index in [2.05, 4.69) is 25.0 Å². The topological polar surface area (TPSA) is 126 Å². The summed E-state index contributed by atoms with van der Waals surface area (Å²) in [6, 6.07) is 10.1. The highest BCUT2D eigenvalue weighted by atomic mass is 35.5. The van der Waals surface area contributed by atoms with Crippen molar-refractivity contribution in [2.45, 2.75) is 32.2 Å². The van der Waals surface area contributed by atoms with Crippen molar-refractivity contribution in [1.82, 2.24) is 9.97 Å². The Balaban J connectivity index is 0.00000408. The van der Waals surface area contributed by atoms with Crippen LogP contribution in [0.25, 0.3) is 10.4 Å². The Morgan fingerprint density at radius 2 is 2.00 bits per heavy atom. The quantitative estimate of drug-likeness (QED) is 0.344. The molecule has 12 heteroatoms. The largest absolute Gasteiger partial charge is 0.448 e. The van der Waals surface area contributed by atoms with Gasteiger partial charge in [-0.2, -0.15) is 4.98 Å². The smallest absolute Gasteiger partial charge is 0.442 e. The Kier molecular flexibility index (Phi) is 9.80. The molecule has 0 saturated carbocycles. The lowest BCUT2D eigenvalue weighted by Gasteiger charge is -2.16. The average Bonchev–Trinajstić information content (AvgIpc) is 3.20. The minimum Gasteiger partial charge on any atom is -0.448 e. The molecule has 184 valence electrons. The van der Waals surface area contributed by atoms with Crippen LogP contribution in [-0.2, 0) is 14.5 Å². The maximum Gasteiger partial charge on any atom is 0.442 e. The molecule has 0 aliphatic rings. The summed E-state index contributed by atoms with van der Waals surface area (Å²) in [7, 11) is -2.93. The summed E-state index contributed by atoms with van der Waals surface area (Å²) in [5, 5.41) is 15.7. The average molecular weight is 526 g/mol. The van der Waals surface area contributed by atoms with E-state index in [4.69, 9.17) is 16.3 Å². The summed E-state index contributed by atoms with van der Waals surface area (Å²) < 4.78 is 21.8. The highest BCUT2D eigenvalue weighted by Crippen LogP contribution is 2.35. The van der Waals surface area contributed by atoms with Crippen LogP contribution in [-0.4, -0.2) is 50.9 Å². The number of aromatic nitrogens is 2. The molecule has 0 spiro atoms. The van der Waals surface area contributed by atoms with Gasteiger partial charge >= 0.3 is 6.09 Å². The van der Waals surface area contributed by atoms with Crippen LogP contribution >= 0.6 is 22.9 Å². The molecule has 2 atom stereocenters. The van der Waals surface area contributed by atoms with Crippen molar-refractivity contribution in [3.8, 4) is 10.4 Å². The Bertz CT molecular complexity index is 1240. The number of thiophene rings is 1. The zero-order valence-electron chi connectivity index (χ0n) is 18.2. The number of anilines is 3. The molecule has 1 unspecified atom stereocenters. The van der Waals surface area contributed by atoms with Gasteiger partial charge in [-0.25, -0.2) is 14.0 Å². The van der Waals surface area contributed by atoms with Crippen molar-refractivity contribution < 1.29 is 18.8 Å². The first-order valence-corrected chi connectivity index (χ1v) is 13.1. The third-order valence-corrected chi connectivity index (χ3v) is 7.26. The lowest BCUT2D eigenvalue weighted by atomic mass is 10.2. The highest BCUT2D eigenvalue weighted by molar-refractivity contribution is 7.93. The molecule has 34 heavy (non-hydrogen) atoms. The van der Waals surface area contributed by atoms with Gasteiger partial charge in [-0.1, -0.05) is 19.0 Å². The van der Waals surface area contributed by atoms with E-state index in [0.29, 0.717) is 26.7 Å². The van der Waals surface area contributed by atoms with Gasteiger partial charge in [-0.05, 0) is 50.2 Å². The molecule has 9 nitrogen and oxygen atoms in total. The van der Waals surface area contributed by atoms with E-state index in [1.807, 2.05) is 13.0 Å². The molecule has 1 amide bonds. The number of benzene rings is 1. The predicted molar refractivity (Wildman–Crippen MR) is 139 cm³/mol. The lowest BCUT2D eigenvalue weighted by Crippen LogP contribution is -2.21. The third kappa shape index (κ3) is 7.13. The van der Waals surface area contributed by atoms with Gasteiger partial charge in [0.15, 0.2) is 0 Å². The van der Waals surface area contributed by atoms with Crippen LogP contribution in [0.5, 0.6) is 0 Å². The number of nitrogens with zero attached hydrogens (tertiary/aromatic N) is 3. The van der Waals surface area contributed by atoms with Gasteiger partial charge < -0.3 is 20.5 Å². The van der Waals surface area contributed by atoms with Crippen molar-refractivity contribution in [1.29, 1.82) is 0 Å². The number of ether oxygens (including phenoxy) is 1. The van der Waals surface area contributed by atoms with E-state index < -0.39 is 15.8 Å². The Labute approximate surface area is 208 Å². The molecule has 2 heterocycles. The van der Waals surface area contributed by atoms with E-state index in [9.17, 15) is 14.1 Å². The second-order valence-electron chi connectivity index (χ2n) is 7.03. The minimum atomic E-state index is -2.93. The molecule has 0 radical (unpaired) electrons.